The molecule has 0 saturated carbocycles. The van der Waals surface area contributed by atoms with Crippen LogP contribution in [0.25, 0.3) is 0 Å². The van der Waals surface area contributed by atoms with E-state index in [4.69, 9.17) is 15.3 Å². The number of nitrogens with one attached hydrogen (secondary N) is 1. The summed E-state index contributed by atoms with van der Waals surface area (Å²) in [6.07, 6.45) is -0.195. The quantitative estimate of drug-likeness (QED) is 0.415. The molecule has 0 unspecified atom stereocenters. The van der Waals surface area contributed by atoms with Crippen molar-refractivity contribution in [1.82, 2.24) is 9.73 Å². The first-order valence-electron chi connectivity index (χ1n) is 5.94. The fraction of sp³-hybridized carbons (Fsp3) is 0.417. The molecule has 0 bridgehead atoms. The smallest absolute Gasteiger partial charge is 0.242 e. The third-order valence-electron chi connectivity index (χ3n) is 2.84. The number of nitrogens with zero attached hydrogens (tertiary/aromatic N) is 1. The Labute approximate surface area is 123 Å². The number of ether oxygens (including phenoxy) is 2. The number of rotatable bonds is 6. The number of sulfonamides is 1. The summed E-state index contributed by atoms with van der Waals surface area (Å²) in [6, 6.07) is 2.78. The van der Waals surface area contributed by atoms with Crippen LogP contribution in [0, 0.1) is 0 Å². The second kappa shape index (κ2) is 6.74. The van der Waals surface area contributed by atoms with E-state index in [2.05, 4.69) is 0 Å². The molecule has 0 heterocycles. The summed E-state index contributed by atoms with van der Waals surface area (Å²) >= 11 is 0. The number of hydrogen-bond donors (Lipinski definition) is 2. The van der Waals surface area contributed by atoms with Crippen LogP contribution < -0.4 is 20.7 Å². The van der Waals surface area contributed by atoms with E-state index in [0.29, 0.717) is 5.75 Å². The highest BCUT2D eigenvalue weighted by molar-refractivity contribution is 7.89. The largest absolute Gasteiger partial charge is 0.493 e. The summed E-state index contributed by atoms with van der Waals surface area (Å²) in [5.41, 5.74) is 2.24. The number of hydrogen-bond acceptors (Lipinski definition) is 6. The van der Waals surface area contributed by atoms with Crippen LogP contribution in [0.5, 0.6) is 11.5 Å². The van der Waals surface area contributed by atoms with Crippen LogP contribution in [-0.2, 0) is 21.2 Å². The molecule has 0 atom stereocenters. The van der Waals surface area contributed by atoms with Crippen molar-refractivity contribution in [1.29, 1.82) is 0 Å². The van der Waals surface area contributed by atoms with Gasteiger partial charge >= 0.3 is 0 Å². The Morgan fingerprint density at radius 3 is 2.19 bits per heavy atom. The summed E-state index contributed by atoms with van der Waals surface area (Å²) in [5, 5.41) is 0. The van der Waals surface area contributed by atoms with Gasteiger partial charge in [0.05, 0.1) is 25.5 Å². The van der Waals surface area contributed by atoms with Crippen molar-refractivity contribution in [3.8, 4) is 11.5 Å². The van der Waals surface area contributed by atoms with Crippen LogP contribution in [0.2, 0.25) is 0 Å². The number of amides is 1. The molecule has 0 saturated heterocycles. The standard InChI is InChI=1S/C12H19N3O5S/c1-15(2)21(17,18)11-7-10(20-4)9(19-3)5-8(11)6-12(16)14-13/h5,7H,6,13H2,1-4H3,(H,14,16). The zero-order valence-electron chi connectivity index (χ0n) is 12.3. The topological polar surface area (TPSA) is 111 Å². The third-order valence-corrected chi connectivity index (χ3v) is 4.73. The highest BCUT2D eigenvalue weighted by Gasteiger charge is 2.25. The Hall–Kier alpha value is -1.84. The summed E-state index contributed by atoms with van der Waals surface area (Å²) in [5.74, 6) is 5.12. The van der Waals surface area contributed by atoms with E-state index in [1.165, 1.54) is 40.4 Å². The van der Waals surface area contributed by atoms with Crippen LogP contribution >= 0.6 is 0 Å². The zero-order valence-corrected chi connectivity index (χ0v) is 13.2. The van der Waals surface area contributed by atoms with E-state index in [1.807, 2.05) is 5.43 Å². The first-order chi connectivity index (χ1) is 9.77. The van der Waals surface area contributed by atoms with Crippen molar-refractivity contribution in [3.05, 3.63) is 17.7 Å². The molecule has 118 valence electrons. The summed E-state index contributed by atoms with van der Waals surface area (Å²) in [7, 11) is 1.88. The van der Waals surface area contributed by atoms with Crippen molar-refractivity contribution >= 4 is 15.9 Å². The summed E-state index contributed by atoms with van der Waals surface area (Å²) in [4.78, 5) is 11.4. The minimum atomic E-state index is -3.74. The van der Waals surface area contributed by atoms with Gasteiger partial charge in [0.2, 0.25) is 15.9 Å². The van der Waals surface area contributed by atoms with Crippen LogP contribution in [0.1, 0.15) is 5.56 Å². The fourth-order valence-electron chi connectivity index (χ4n) is 1.70. The van der Waals surface area contributed by atoms with E-state index >= 15 is 0 Å². The summed E-state index contributed by atoms with van der Waals surface area (Å²) < 4.78 is 36.0. The van der Waals surface area contributed by atoms with Gasteiger partial charge in [-0.25, -0.2) is 18.6 Å². The molecular formula is C12H19N3O5S. The van der Waals surface area contributed by atoms with Crippen molar-refractivity contribution in [3.63, 3.8) is 0 Å². The van der Waals surface area contributed by atoms with Gasteiger partial charge in [-0.2, -0.15) is 0 Å². The SMILES string of the molecule is COc1cc(CC(=O)NN)c(S(=O)(=O)N(C)C)cc1OC. The first-order valence-corrected chi connectivity index (χ1v) is 7.38. The molecule has 0 aliphatic carbocycles. The molecule has 0 aliphatic rings. The predicted molar refractivity (Wildman–Crippen MR) is 76.5 cm³/mol. The van der Waals surface area contributed by atoms with Gasteiger partial charge < -0.3 is 9.47 Å². The lowest BCUT2D eigenvalue weighted by atomic mass is 10.1. The van der Waals surface area contributed by atoms with Gasteiger partial charge in [-0.1, -0.05) is 0 Å². The maximum Gasteiger partial charge on any atom is 0.242 e. The van der Waals surface area contributed by atoms with Crippen LogP contribution in [0.4, 0.5) is 0 Å². The number of methoxy groups -OCH3 is 2. The maximum absolute atomic E-state index is 12.4. The van der Waals surface area contributed by atoms with E-state index < -0.39 is 15.9 Å². The molecule has 21 heavy (non-hydrogen) atoms. The molecule has 0 radical (unpaired) electrons. The van der Waals surface area contributed by atoms with Gasteiger partial charge in [-0.15, -0.1) is 0 Å². The minimum Gasteiger partial charge on any atom is -0.493 e. The van der Waals surface area contributed by atoms with Crippen molar-refractivity contribution in [2.75, 3.05) is 28.3 Å². The van der Waals surface area contributed by atoms with Gasteiger partial charge in [-0.05, 0) is 11.6 Å². The van der Waals surface area contributed by atoms with Crippen LogP contribution in [0.3, 0.4) is 0 Å². The van der Waals surface area contributed by atoms with E-state index in [9.17, 15) is 13.2 Å². The minimum absolute atomic E-state index is 0.0336. The Kier molecular flexibility index (Phi) is 5.53. The normalized spacial score (nSPS) is 11.3. The molecule has 0 spiro atoms. The molecule has 0 aromatic heterocycles. The van der Waals surface area contributed by atoms with E-state index in [-0.39, 0.29) is 22.6 Å². The van der Waals surface area contributed by atoms with E-state index in [0.717, 1.165) is 4.31 Å². The summed E-state index contributed by atoms with van der Waals surface area (Å²) in [6.45, 7) is 0. The molecule has 1 rings (SSSR count). The van der Waals surface area contributed by atoms with Gasteiger partial charge in [0.15, 0.2) is 11.5 Å². The molecule has 8 nitrogen and oxygen atoms in total. The van der Waals surface area contributed by atoms with E-state index in [1.54, 1.807) is 0 Å². The number of carbonyl (C=O) groups excluding carboxylic acids is 1. The number of carbonyl (C=O) groups is 1. The van der Waals surface area contributed by atoms with Gasteiger partial charge in [-0.3, -0.25) is 10.2 Å². The molecule has 1 aromatic rings. The zero-order chi connectivity index (χ0) is 16.2. The molecule has 9 heteroatoms. The van der Waals surface area contributed by atoms with Crippen molar-refractivity contribution < 1.29 is 22.7 Å². The monoisotopic (exact) mass is 317 g/mol. The predicted octanol–water partition coefficient (Wildman–Crippen LogP) is -0.513. The number of hydrazine groups is 1. The highest BCUT2D eigenvalue weighted by atomic mass is 32.2. The second-order valence-corrected chi connectivity index (χ2v) is 6.47. The molecule has 1 amide bonds. The van der Waals surface area contributed by atoms with Gasteiger partial charge in [0, 0.05) is 20.2 Å². The first kappa shape index (κ1) is 17.2. The maximum atomic E-state index is 12.4. The molecule has 0 fully saturated rings. The Morgan fingerprint density at radius 1 is 1.24 bits per heavy atom. The molecular weight excluding hydrogens is 298 g/mol. The Morgan fingerprint density at radius 2 is 1.76 bits per heavy atom. The Balaban J connectivity index is 3.54. The number of benzene rings is 1. The lowest BCUT2D eigenvalue weighted by molar-refractivity contribution is -0.120. The molecule has 3 N–H and O–H groups in total. The van der Waals surface area contributed by atoms with Crippen molar-refractivity contribution in [2.24, 2.45) is 5.84 Å². The molecule has 0 aliphatic heterocycles. The Bertz CT molecular complexity index is 628. The lowest BCUT2D eigenvalue weighted by Crippen LogP contribution is -2.32. The van der Waals surface area contributed by atoms with Crippen molar-refractivity contribution in [2.45, 2.75) is 11.3 Å². The average Bonchev–Trinajstić information content (AvgIpc) is 2.45. The number of nitrogens with two attached hydrogens (primary N) is 1. The third kappa shape index (κ3) is 3.63. The van der Waals surface area contributed by atoms with Crippen LogP contribution in [0.15, 0.2) is 17.0 Å². The fourth-order valence-corrected chi connectivity index (χ4v) is 2.81. The van der Waals surface area contributed by atoms with Crippen LogP contribution in [-0.4, -0.2) is 46.9 Å². The van der Waals surface area contributed by atoms with Gasteiger partial charge in [0.1, 0.15) is 0 Å². The lowest BCUT2D eigenvalue weighted by Gasteiger charge is -2.17. The second-order valence-electron chi connectivity index (χ2n) is 4.35. The highest BCUT2D eigenvalue weighted by Crippen LogP contribution is 2.33. The average molecular weight is 317 g/mol. The van der Waals surface area contributed by atoms with Gasteiger partial charge in [0.25, 0.3) is 0 Å². The molecule has 1 aromatic carbocycles.